The number of carbonyl (C=O) groups excluding carboxylic acids is 3. The summed E-state index contributed by atoms with van der Waals surface area (Å²) in [5, 5.41) is 6.00. The number of hydrogen-bond acceptors (Lipinski definition) is 14. The largest absolute Gasteiger partial charge is 0.501 e. The van der Waals surface area contributed by atoms with Crippen LogP contribution in [0.15, 0.2) is 130 Å². The van der Waals surface area contributed by atoms with Crippen LogP contribution in [-0.4, -0.2) is 137 Å². The summed E-state index contributed by atoms with van der Waals surface area (Å²) >= 11 is 7.61. The zero-order chi connectivity index (χ0) is 57.7. The highest BCUT2D eigenvalue weighted by atomic mass is 35.5. The zero-order valence-electron chi connectivity index (χ0n) is 45.0. The second-order valence-electron chi connectivity index (χ2n) is 21.8. The number of sulfonamides is 1. The lowest BCUT2D eigenvalue weighted by molar-refractivity contribution is -0.134. The minimum absolute atomic E-state index is 0.0350. The lowest BCUT2D eigenvalue weighted by atomic mass is 9.73. The van der Waals surface area contributed by atoms with Gasteiger partial charge in [-0.05, 0) is 127 Å². The van der Waals surface area contributed by atoms with Crippen molar-refractivity contribution in [2.24, 2.45) is 5.41 Å². The standard InChI is InChI=1S/C58H65ClF4N8O7S3/c1-57(2)23-20-48(39-8-12-43(59)13-9-39)42(35-57)37-70-30-32-71(33-31-70)45-14-10-40(11-15-45)55(73)67-81(77,78)47-16-18-50(51(34-47)80(75,76)58(61,62)63)65-44(38-79-46-6-4-3-5-7-46)22-25-68-26-28-69(29-27-68)36-41-21-24-64-54(60)53(41)49-17-19-52(72)66-56(49)74/h3-16,18,21,24,34,44,49,65H,17,19-20,22-23,25-33,35-38H2,1-2H3,(H,67,73)(H,66,72,74)/t44-,49?/m1/s1. The molecule has 3 amide bonds. The molecule has 0 radical (unpaired) electrons. The fourth-order valence-electron chi connectivity index (χ4n) is 11.0. The summed E-state index contributed by atoms with van der Waals surface area (Å²) in [5.41, 5.74) is -0.534. The van der Waals surface area contributed by atoms with Gasteiger partial charge in [-0.3, -0.25) is 29.5 Å². The number of piperazine rings is 2. The first-order valence-corrected chi connectivity index (χ1v) is 31.3. The Bertz CT molecular complexity index is 3360. The Morgan fingerprint density at radius 1 is 0.840 bits per heavy atom. The number of aromatic nitrogens is 1. The van der Waals surface area contributed by atoms with Crippen LogP contribution >= 0.6 is 23.4 Å². The number of thioether (sulfide) groups is 1. The van der Waals surface area contributed by atoms with Gasteiger partial charge >= 0.3 is 5.51 Å². The van der Waals surface area contributed by atoms with Crippen LogP contribution in [0, 0.1) is 11.4 Å². The van der Waals surface area contributed by atoms with Crippen molar-refractivity contribution in [2.45, 2.75) is 91.1 Å². The maximum absolute atomic E-state index is 15.2. The number of allylic oxidation sites excluding steroid dienone is 1. The predicted octanol–water partition coefficient (Wildman–Crippen LogP) is 9.37. The molecule has 15 nitrogen and oxygen atoms in total. The first-order valence-electron chi connectivity index (χ1n) is 26.9. The Morgan fingerprint density at radius 2 is 1.51 bits per heavy atom. The van der Waals surface area contributed by atoms with Crippen molar-refractivity contribution in [1.82, 2.24) is 29.7 Å². The lowest BCUT2D eigenvalue weighted by Crippen LogP contribution is -2.47. The summed E-state index contributed by atoms with van der Waals surface area (Å²) in [7, 11) is -11.1. The average molecular weight is 1190 g/mol. The van der Waals surface area contributed by atoms with Crippen LogP contribution < -0.4 is 20.3 Å². The van der Waals surface area contributed by atoms with Gasteiger partial charge < -0.3 is 15.1 Å². The van der Waals surface area contributed by atoms with Gasteiger partial charge in [0.2, 0.25) is 17.8 Å². The van der Waals surface area contributed by atoms with Crippen LogP contribution in [0.25, 0.3) is 5.57 Å². The number of imide groups is 1. The van der Waals surface area contributed by atoms with Gasteiger partial charge in [0.05, 0.1) is 16.5 Å². The fraction of sp³-hybridized carbons (Fsp3) is 0.414. The molecule has 5 aromatic rings. The van der Waals surface area contributed by atoms with Crippen molar-refractivity contribution in [3.63, 3.8) is 0 Å². The third-order valence-electron chi connectivity index (χ3n) is 15.6. The molecule has 2 atom stereocenters. The first kappa shape index (κ1) is 59.7. The van der Waals surface area contributed by atoms with Crippen LogP contribution in [0.2, 0.25) is 5.02 Å². The summed E-state index contributed by atoms with van der Waals surface area (Å²) in [6.07, 6.45) is 5.01. The third-order valence-corrected chi connectivity index (χ3v) is 19.8. The van der Waals surface area contributed by atoms with Gasteiger partial charge in [-0.1, -0.05) is 61.4 Å². The van der Waals surface area contributed by atoms with Gasteiger partial charge in [0.15, 0.2) is 0 Å². The average Bonchev–Trinajstić information content (AvgIpc) is 3.55. The molecule has 9 rings (SSSR count). The molecule has 1 unspecified atom stereocenters. The number of nitrogens with one attached hydrogen (secondary N) is 3. The molecule has 0 spiro atoms. The minimum Gasteiger partial charge on any atom is -0.380 e. The maximum Gasteiger partial charge on any atom is 0.501 e. The van der Waals surface area contributed by atoms with E-state index in [4.69, 9.17) is 11.6 Å². The second-order valence-corrected chi connectivity index (χ2v) is 27.0. The molecule has 1 aliphatic carbocycles. The topological polar surface area (TPSA) is 181 Å². The Labute approximate surface area is 479 Å². The summed E-state index contributed by atoms with van der Waals surface area (Å²) in [5.74, 6) is -3.38. The van der Waals surface area contributed by atoms with E-state index in [0.29, 0.717) is 75.4 Å². The molecule has 81 heavy (non-hydrogen) atoms. The van der Waals surface area contributed by atoms with Crippen molar-refractivity contribution in [1.29, 1.82) is 0 Å². The third kappa shape index (κ3) is 14.9. The number of halogens is 5. The number of benzene rings is 4. The molecule has 0 saturated carbocycles. The van der Waals surface area contributed by atoms with E-state index < -0.39 is 76.5 Å². The van der Waals surface area contributed by atoms with E-state index in [1.807, 2.05) is 47.2 Å². The van der Waals surface area contributed by atoms with Crippen molar-refractivity contribution < 1.29 is 48.8 Å². The van der Waals surface area contributed by atoms with E-state index in [-0.39, 0.29) is 35.1 Å². The normalized spacial score (nSPS) is 19.3. The molecule has 4 aliphatic rings. The first-order chi connectivity index (χ1) is 38.5. The van der Waals surface area contributed by atoms with Crippen LogP contribution in [-0.2, 0) is 36.0 Å². The van der Waals surface area contributed by atoms with Crippen molar-refractivity contribution in [3.8, 4) is 0 Å². The number of carbonyl (C=O) groups is 3. The van der Waals surface area contributed by atoms with Gasteiger partial charge in [-0.15, -0.1) is 11.8 Å². The van der Waals surface area contributed by atoms with Crippen LogP contribution in [0.1, 0.15) is 85.3 Å². The van der Waals surface area contributed by atoms with Gasteiger partial charge in [0.25, 0.3) is 25.8 Å². The number of piperidine rings is 1. The quantitative estimate of drug-likeness (QED) is 0.0308. The van der Waals surface area contributed by atoms with E-state index in [0.717, 1.165) is 61.6 Å². The van der Waals surface area contributed by atoms with E-state index >= 15 is 4.39 Å². The van der Waals surface area contributed by atoms with E-state index in [9.17, 15) is 44.4 Å². The molecule has 1 aromatic heterocycles. The summed E-state index contributed by atoms with van der Waals surface area (Å²) in [4.78, 5) is 49.3. The van der Waals surface area contributed by atoms with Crippen LogP contribution in [0.4, 0.5) is 28.9 Å². The smallest absolute Gasteiger partial charge is 0.380 e. The highest BCUT2D eigenvalue weighted by Gasteiger charge is 2.49. The number of hydrogen-bond donors (Lipinski definition) is 3. The minimum atomic E-state index is -6.16. The molecule has 3 aliphatic heterocycles. The van der Waals surface area contributed by atoms with Crippen molar-refractivity contribution in [2.75, 3.05) is 81.4 Å². The molecule has 3 saturated heterocycles. The van der Waals surface area contributed by atoms with Crippen LogP contribution in [0.3, 0.4) is 0 Å². The molecule has 3 N–H and O–H groups in total. The Hall–Kier alpha value is -5.88. The Balaban J connectivity index is 0.842. The lowest BCUT2D eigenvalue weighted by Gasteiger charge is -2.39. The summed E-state index contributed by atoms with van der Waals surface area (Å²) < 4.78 is 115. The molecule has 4 heterocycles. The van der Waals surface area contributed by atoms with Gasteiger partial charge in [-0.25, -0.2) is 26.5 Å². The number of alkyl halides is 3. The number of sulfone groups is 1. The molecule has 432 valence electrons. The van der Waals surface area contributed by atoms with E-state index in [1.54, 1.807) is 18.2 Å². The van der Waals surface area contributed by atoms with E-state index in [1.165, 1.54) is 46.8 Å². The highest BCUT2D eigenvalue weighted by molar-refractivity contribution is 7.99. The molecule has 23 heteroatoms. The molecular formula is C58H65ClF4N8O7S3. The Morgan fingerprint density at radius 3 is 2.19 bits per heavy atom. The van der Waals surface area contributed by atoms with Crippen LogP contribution in [0.5, 0.6) is 0 Å². The monoisotopic (exact) mass is 1190 g/mol. The maximum atomic E-state index is 15.2. The number of rotatable bonds is 19. The Kier molecular flexibility index (Phi) is 18.7. The fourth-order valence-corrected chi connectivity index (χ4v) is 14.2. The highest BCUT2D eigenvalue weighted by Crippen LogP contribution is 2.43. The number of pyridine rings is 1. The molecule has 3 fully saturated rings. The number of amides is 3. The van der Waals surface area contributed by atoms with Gasteiger partial charge in [0, 0.05) is 123 Å². The molecular weight excluding hydrogens is 1130 g/mol. The molecule has 4 aromatic carbocycles. The van der Waals surface area contributed by atoms with Crippen molar-refractivity contribution in [3.05, 3.63) is 148 Å². The van der Waals surface area contributed by atoms with E-state index in [2.05, 4.69) is 61.2 Å². The second kappa shape index (κ2) is 25.3. The number of nitrogens with zero attached hydrogens (tertiary/aromatic N) is 5. The zero-order valence-corrected chi connectivity index (χ0v) is 48.2. The molecule has 0 bridgehead atoms. The SMILES string of the molecule is CC1(C)CCC(c2ccc(Cl)cc2)=C(CN2CCN(c3ccc(C(=O)NS(=O)(=O)c4ccc(N[C@H](CCN5CCN(Cc6ccnc(F)c6C6CCC(=O)NC6=O)CC5)CSc5ccccc5)c(S(=O)(=O)C(F)(F)F)c4)cc3)CC2)C1. The summed E-state index contributed by atoms with van der Waals surface area (Å²) in [6.45, 7) is 11.4. The van der Waals surface area contributed by atoms with Gasteiger partial charge in [-0.2, -0.15) is 17.6 Å². The number of anilines is 2. The van der Waals surface area contributed by atoms with Gasteiger partial charge in [0.1, 0.15) is 4.90 Å². The van der Waals surface area contributed by atoms with Crippen molar-refractivity contribution >= 4 is 77.9 Å². The summed E-state index contributed by atoms with van der Waals surface area (Å²) in [6, 6.07) is 27.0. The predicted molar refractivity (Wildman–Crippen MR) is 306 cm³/mol.